The first kappa shape index (κ1) is 14.0. The van der Waals surface area contributed by atoms with Crippen molar-refractivity contribution in [3.8, 4) is 5.88 Å². The second-order valence-corrected chi connectivity index (χ2v) is 4.85. The van der Waals surface area contributed by atoms with E-state index < -0.39 is 0 Å². The Balaban J connectivity index is 1.92. The van der Waals surface area contributed by atoms with Gasteiger partial charge in [0.05, 0.1) is 7.11 Å². The fraction of sp³-hybridized carbons (Fsp3) is 0.118. The van der Waals surface area contributed by atoms with Crippen molar-refractivity contribution in [1.29, 1.82) is 0 Å². The molecule has 110 valence electrons. The van der Waals surface area contributed by atoms with Crippen molar-refractivity contribution >= 4 is 28.2 Å². The van der Waals surface area contributed by atoms with Gasteiger partial charge in [-0.1, -0.05) is 0 Å². The summed E-state index contributed by atoms with van der Waals surface area (Å²) in [6, 6.07) is 13.0. The first-order valence-electron chi connectivity index (χ1n) is 6.85. The first-order valence-corrected chi connectivity index (χ1v) is 6.85. The maximum atomic E-state index is 11.3. The molecule has 3 aromatic rings. The van der Waals surface area contributed by atoms with E-state index >= 15 is 0 Å². The average Bonchev–Trinajstić information content (AvgIpc) is 2.54. The molecule has 0 saturated carbocycles. The van der Waals surface area contributed by atoms with E-state index in [0.717, 1.165) is 11.1 Å². The summed E-state index contributed by atoms with van der Waals surface area (Å²) in [5.41, 5.74) is 2.25. The number of hydrogen-bond acceptors (Lipinski definition) is 5. The van der Waals surface area contributed by atoms with Crippen molar-refractivity contribution in [2.24, 2.45) is 0 Å². The summed E-state index contributed by atoms with van der Waals surface area (Å²) in [6.07, 6.45) is 1.69. The fourth-order valence-electron chi connectivity index (χ4n) is 2.18. The van der Waals surface area contributed by atoms with Crippen LogP contribution < -0.4 is 10.1 Å². The highest BCUT2D eigenvalue weighted by molar-refractivity contribution is 5.94. The number of benzene rings is 1. The topological polar surface area (TPSA) is 64.1 Å². The van der Waals surface area contributed by atoms with E-state index in [1.807, 2.05) is 30.3 Å². The Hall–Kier alpha value is -2.95. The van der Waals surface area contributed by atoms with E-state index in [2.05, 4.69) is 15.3 Å². The van der Waals surface area contributed by atoms with Crippen LogP contribution in [0.2, 0.25) is 0 Å². The summed E-state index contributed by atoms with van der Waals surface area (Å²) in [5.74, 6) is 1.23. The molecular formula is C17H15N3O2. The zero-order valence-electron chi connectivity index (χ0n) is 12.3. The van der Waals surface area contributed by atoms with E-state index in [0.29, 0.717) is 22.8 Å². The maximum Gasteiger partial charge on any atom is 0.240 e. The van der Waals surface area contributed by atoms with Crippen LogP contribution >= 0.6 is 0 Å². The van der Waals surface area contributed by atoms with Crippen molar-refractivity contribution < 1.29 is 9.53 Å². The third-order valence-corrected chi connectivity index (χ3v) is 3.33. The number of pyridine rings is 2. The molecule has 2 heterocycles. The number of carbonyl (C=O) groups excluding carboxylic acids is 1. The molecule has 2 aromatic heterocycles. The van der Waals surface area contributed by atoms with Crippen molar-refractivity contribution in [3.63, 3.8) is 0 Å². The van der Waals surface area contributed by atoms with E-state index in [1.54, 1.807) is 32.4 Å². The van der Waals surface area contributed by atoms with Crippen LogP contribution in [0.4, 0.5) is 11.5 Å². The van der Waals surface area contributed by atoms with Crippen LogP contribution in [-0.2, 0) is 0 Å². The lowest BCUT2D eigenvalue weighted by Gasteiger charge is -2.08. The van der Waals surface area contributed by atoms with Crippen LogP contribution in [0.25, 0.3) is 10.9 Å². The minimum atomic E-state index is 0.0474. The lowest BCUT2D eigenvalue weighted by Crippen LogP contribution is -1.97. The predicted octanol–water partition coefficient (Wildman–Crippen LogP) is 3.58. The third kappa shape index (κ3) is 2.74. The number of anilines is 2. The van der Waals surface area contributed by atoms with Crippen LogP contribution in [0.5, 0.6) is 5.88 Å². The molecule has 3 rings (SSSR count). The number of nitrogens with zero attached hydrogens (tertiary/aromatic N) is 2. The number of carbonyl (C=O) groups is 1. The molecule has 0 fully saturated rings. The number of methoxy groups -OCH3 is 1. The zero-order valence-corrected chi connectivity index (χ0v) is 12.3. The molecule has 5 heteroatoms. The van der Waals surface area contributed by atoms with E-state index in [9.17, 15) is 4.79 Å². The van der Waals surface area contributed by atoms with E-state index in [4.69, 9.17) is 4.74 Å². The fourth-order valence-corrected chi connectivity index (χ4v) is 2.18. The van der Waals surface area contributed by atoms with Gasteiger partial charge in [-0.3, -0.25) is 4.79 Å². The number of ketones is 1. The number of ether oxygens (including phenoxy) is 1. The molecule has 0 aliphatic heterocycles. The maximum absolute atomic E-state index is 11.3. The summed E-state index contributed by atoms with van der Waals surface area (Å²) in [6.45, 7) is 1.55. The van der Waals surface area contributed by atoms with Gasteiger partial charge in [0.1, 0.15) is 11.3 Å². The third-order valence-electron chi connectivity index (χ3n) is 3.33. The molecule has 0 amide bonds. The summed E-state index contributed by atoms with van der Waals surface area (Å²) in [7, 11) is 1.57. The molecule has 1 N–H and O–H groups in total. The molecule has 22 heavy (non-hydrogen) atoms. The van der Waals surface area contributed by atoms with E-state index in [-0.39, 0.29) is 5.78 Å². The lowest BCUT2D eigenvalue weighted by atomic mass is 10.1. The number of Topliss-reactive ketones (excluding diaryl/α,β-unsaturated/α-hetero) is 1. The molecule has 0 saturated heterocycles. The predicted molar refractivity (Wildman–Crippen MR) is 85.8 cm³/mol. The highest BCUT2D eigenvalue weighted by Crippen LogP contribution is 2.24. The van der Waals surface area contributed by atoms with Crippen molar-refractivity contribution in [3.05, 3.63) is 54.2 Å². The summed E-state index contributed by atoms with van der Waals surface area (Å²) in [4.78, 5) is 20.0. The summed E-state index contributed by atoms with van der Waals surface area (Å²) >= 11 is 0. The molecule has 0 spiro atoms. The van der Waals surface area contributed by atoms with E-state index in [1.165, 1.54) is 0 Å². The van der Waals surface area contributed by atoms with Gasteiger partial charge in [-0.2, -0.15) is 0 Å². The van der Waals surface area contributed by atoms with Crippen LogP contribution in [0.1, 0.15) is 17.3 Å². The SMILES string of the molecule is COc1nccc2ccc(Nc3ccc(C(C)=O)cc3)nc12. The van der Waals surface area contributed by atoms with Crippen molar-refractivity contribution in [2.45, 2.75) is 6.92 Å². The quantitative estimate of drug-likeness (QED) is 0.745. The van der Waals surface area contributed by atoms with Crippen LogP contribution in [-0.4, -0.2) is 22.9 Å². The molecule has 0 aliphatic rings. The van der Waals surface area contributed by atoms with Crippen molar-refractivity contribution in [2.75, 3.05) is 12.4 Å². The molecule has 0 atom stereocenters. The molecule has 0 aliphatic carbocycles. The zero-order chi connectivity index (χ0) is 15.5. The number of nitrogens with one attached hydrogen (secondary N) is 1. The summed E-state index contributed by atoms with van der Waals surface area (Å²) in [5, 5.41) is 4.17. The Labute approximate surface area is 128 Å². The number of fused-ring (bicyclic) bond motifs is 1. The Bertz CT molecular complexity index is 829. The number of hydrogen-bond donors (Lipinski definition) is 1. The highest BCUT2D eigenvalue weighted by atomic mass is 16.5. The Morgan fingerprint density at radius 2 is 1.86 bits per heavy atom. The Morgan fingerprint density at radius 1 is 1.09 bits per heavy atom. The molecular weight excluding hydrogens is 278 g/mol. The molecule has 5 nitrogen and oxygen atoms in total. The molecule has 0 radical (unpaired) electrons. The monoisotopic (exact) mass is 293 g/mol. The average molecular weight is 293 g/mol. The van der Waals surface area contributed by atoms with Gasteiger partial charge < -0.3 is 10.1 Å². The van der Waals surface area contributed by atoms with Gasteiger partial charge in [-0.15, -0.1) is 0 Å². The minimum absolute atomic E-state index is 0.0474. The Kier molecular flexibility index (Phi) is 3.70. The molecule has 0 unspecified atom stereocenters. The Morgan fingerprint density at radius 3 is 2.55 bits per heavy atom. The van der Waals surface area contributed by atoms with Gasteiger partial charge >= 0.3 is 0 Å². The van der Waals surface area contributed by atoms with Gasteiger partial charge in [0.2, 0.25) is 5.88 Å². The number of rotatable bonds is 4. The standard InChI is InChI=1S/C17H15N3O2/c1-11(21)12-3-6-14(7-4-12)19-15-8-5-13-9-10-18-17(22-2)16(13)20-15/h3-10H,1-2H3,(H,19,20). The van der Waals surface area contributed by atoms with Gasteiger partial charge in [0.15, 0.2) is 5.78 Å². The van der Waals surface area contributed by atoms with Gasteiger partial charge in [0, 0.05) is 22.8 Å². The molecule has 1 aromatic carbocycles. The van der Waals surface area contributed by atoms with Crippen LogP contribution in [0, 0.1) is 0 Å². The van der Waals surface area contributed by atoms with Crippen LogP contribution in [0.15, 0.2) is 48.7 Å². The normalized spacial score (nSPS) is 10.5. The van der Waals surface area contributed by atoms with Gasteiger partial charge in [-0.05, 0) is 49.4 Å². The number of aromatic nitrogens is 2. The second-order valence-electron chi connectivity index (χ2n) is 4.85. The van der Waals surface area contributed by atoms with Gasteiger partial charge in [-0.25, -0.2) is 9.97 Å². The van der Waals surface area contributed by atoms with Crippen LogP contribution in [0.3, 0.4) is 0 Å². The minimum Gasteiger partial charge on any atom is -0.479 e. The molecule has 0 bridgehead atoms. The van der Waals surface area contributed by atoms with Crippen molar-refractivity contribution in [1.82, 2.24) is 9.97 Å². The lowest BCUT2D eigenvalue weighted by molar-refractivity contribution is 0.101. The first-order chi connectivity index (χ1) is 10.7. The summed E-state index contributed by atoms with van der Waals surface area (Å²) < 4.78 is 5.24. The second kappa shape index (κ2) is 5.81. The largest absolute Gasteiger partial charge is 0.479 e. The highest BCUT2D eigenvalue weighted by Gasteiger charge is 2.06. The smallest absolute Gasteiger partial charge is 0.240 e. The van der Waals surface area contributed by atoms with Gasteiger partial charge in [0.25, 0.3) is 0 Å².